The van der Waals surface area contributed by atoms with Crippen molar-refractivity contribution in [1.29, 1.82) is 0 Å². The van der Waals surface area contributed by atoms with Crippen molar-refractivity contribution in [3.05, 3.63) is 42.0 Å². The molecule has 2 rings (SSSR count). The van der Waals surface area contributed by atoms with Gasteiger partial charge in [-0.2, -0.15) is 0 Å². The number of hydrogen-bond donors (Lipinski definition) is 0. The van der Waals surface area contributed by atoms with E-state index in [0.717, 1.165) is 30.8 Å². The molecular weight excluding hydrogens is 236 g/mol. The molecule has 17 heavy (non-hydrogen) atoms. The fraction of sp³-hybridized carbons (Fsp3) is 0.417. The van der Waals surface area contributed by atoms with Crippen LogP contribution >= 0.6 is 11.6 Å². The fourth-order valence-electron chi connectivity index (χ4n) is 1.55. The van der Waals surface area contributed by atoms with Gasteiger partial charge in [0.25, 0.3) is 0 Å². The molecule has 0 aromatic carbocycles. The highest BCUT2D eigenvalue weighted by Gasteiger charge is 2.09. The lowest BCUT2D eigenvalue weighted by atomic mass is 10.2. The van der Waals surface area contributed by atoms with E-state index in [-0.39, 0.29) is 5.38 Å². The van der Waals surface area contributed by atoms with Crippen LogP contribution in [0.25, 0.3) is 0 Å². The van der Waals surface area contributed by atoms with Crippen molar-refractivity contribution in [2.45, 2.75) is 31.7 Å². The van der Waals surface area contributed by atoms with E-state index in [4.69, 9.17) is 11.6 Å². The standard InChI is InChI=1S/C12H15ClN4/c1-2-11(13)12-9-17(16-15-12)8-6-10-5-3-4-7-14-10/h3-5,7,9,11H,2,6,8H2,1H3. The van der Waals surface area contributed by atoms with Crippen molar-refractivity contribution in [1.82, 2.24) is 20.0 Å². The molecule has 5 heteroatoms. The van der Waals surface area contributed by atoms with Gasteiger partial charge in [0.15, 0.2) is 0 Å². The molecule has 0 bridgehead atoms. The predicted octanol–water partition coefficient (Wildman–Crippen LogP) is 2.61. The summed E-state index contributed by atoms with van der Waals surface area (Å²) in [5.41, 5.74) is 1.90. The van der Waals surface area contributed by atoms with Crippen molar-refractivity contribution in [3.8, 4) is 0 Å². The number of halogens is 1. The number of nitrogens with zero attached hydrogens (tertiary/aromatic N) is 4. The molecule has 0 saturated heterocycles. The van der Waals surface area contributed by atoms with Crippen LogP contribution < -0.4 is 0 Å². The molecule has 90 valence electrons. The summed E-state index contributed by atoms with van der Waals surface area (Å²) in [6.45, 7) is 2.81. The summed E-state index contributed by atoms with van der Waals surface area (Å²) in [6.07, 6.45) is 5.42. The molecule has 2 aromatic heterocycles. The molecule has 0 amide bonds. The summed E-state index contributed by atoms with van der Waals surface area (Å²) in [7, 11) is 0. The highest BCUT2D eigenvalue weighted by molar-refractivity contribution is 6.20. The highest BCUT2D eigenvalue weighted by atomic mass is 35.5. The Hall–Kier alpha value is -1.42. The largest absolute Gasteiger partial charge is 0.261 e. The van der Waals surface area contributed by atoms with Gasteiger partial charge < -0.3 is 0 Å². The molecular formula is C12H15ClN4. The first kappa shape index (κ1) is 12.0. The first-order valence-corrected chi connectivity index (χ1v) is 6.17. The quantitative estimate of drug-likeness (QED) is 0.767. The zero-order chi connectivity index (χ0) is 12.1. The molecule has 1 atom stereocenters. The van der Waals surface area contributed by atoms with Gasteiger partial charge in [-0.05, 0) is 18.6 Å². The Labute approximate surface area is 106 Å². The number of alkyl halides is 1. The molecule has 0 aliphatic rings. The first-order valence-electron chi connectivity index (χ1n) is 5.73. The van der Waals surface area contributed by atoms with Crippen LogP contribution in [-0.2, 0) is 13.0 Å². The van der Waals surface area contributed by atoms with Crippen LogP contribution in [0.1, 0.15) is 30.1 Å². The third-order valence-corrected chi connectivity index (χ3v) is 3.09. The lowest BCUT2D eigenvalue weighted by Gasteiger charge is -2.00. The van der Waals surface area contributed by atoms with E-state index in [2.05, 4.69) is 15.3 Å². The average Bonchev–Trinajstić information content (AvgIpc) is 2.85. The minimum Gasteiger partial charge on any atom is -0.261 e. The number of rotatable bonds is 5. The summed E-state index contributed by atoms with van der Waals surface area (Å²) in [4.78, 5) is 4.26. The Morgan fingerprint density at radius 3 is 3.00 bits per heavy atom. The molecule has 0 saturated carbocycles. The monoisotopic (exact) mass is 250 g/mol. The Kier molecular flexibility index (Phi) is 4.09. The van der Waals surface area contributed by atoms with E-state index in [9.17, 15) is 0 Å². The summed E-state index contributed by atoms with van der Waals surface area (Å²) < 4.78 is 1.81. The molecule has 2 aromatic rings. The van der Waals surface area contributed by atoms with Gasteiger partial charge >= 0.3 is 0 Å². The van der Waals surface area contributed by atoms with Gasteiger partial charge in [0, 0.05) is 31.1 Å². The number of hydrogen-bond acceptors (Lipinski definition) is 3. The van der Waals surface area contributed by atoms with E-state index in [1.54, 1.807) is 6.20 Å². The van der Waals surface area contributed by atoms with Gasteiger partial charge in [0.2, 0.25) is 0 Å². The summed E-state index contributed by atoms with van der Waals surface area (Å²) >= 11 is 6.09. The van der Waals surface area contributed by atoms with Crippen molar-refractivity contribution in [2.75, 3.05) is 0 Å². The first-order chi connectivity index (χ1) is 8.29. The van der Waals surface area contributed by atoms with Crippen LogP contribution in [0.5, 0.6) is 0 Å². The van der Waals surface area contributed by atoms with Gasteiger partial charge in [-0.25, -0.2) is 0 Å². The molecule has 0 spiro atoms. The second-order valence-corrected chi connectivity index (χ2v) is 4.38. The molecule has 0 aliphatic heterocycles. The summed E-state index contributed by atoms with van der Waals surface area (Å²) in [5.74, 6) is 0. The summed E-state index contributed by atoms with van der Waals surface area (Å²) in [6, 6.07) is 5.91. The minimum atomic E-state index is -0.0430. The topological polar surface area (TPSA) is 43.6 Å². The Balaban J connectivity index is 1.94. The third kappa shape index (κ3) is 3.27. The van der Waals surface area contributed by atoms with E-state index in [1.807, 2.05) is 36.0 Å². The molecule has 0 fully saturated rings. The Morgan fingerprint density at radius 1 is 1.41 bits per heavy atom. The fourth-order valence-corrected chi connectivity index (χ4v) is 1.65. The van der Waals surface area contributed by atoms with Gasteiger partial charge in [-0.1, -0.05) is 18.2 Å². The third-order valence-electron chi connectivity index (χ3n) is 2.56. The van der Waals surface area contributed by atoms with Crippen LogP contribution in [0.3, 0.4) is 0 Å². The molecule has 0 radical (unpaired) electrons. The SMILES string of the molecule is CCC(Cl)c1cn(CCc2ccccn2)nn1. The predicted molar refractivity (Wildman–Crippen MR) is 66.8 cm³/mol. The second kappa shape index (κ2) is 5.77. The van der Waals surface area contributed by atoms with E-state index in [0.29, 0.717) is 0 Å². The number of pyridine rings is 1. The normalized spacial score (nSPS) is 12.6. The maximum Gasteiger partial charge on any atom is 0.100 e. The Morgan fingerprint density at radius 2 is 2.29 bits per heavy atom. The van der Waals surface area contributed by atoms with E-state index < -0.39 is 0 Å². The maximum atomic E-state index is 6.09. The summed E-state index contributed by atoms with van der Waals surface area (Å²) in [5, 5.41) is 8.07. The van der Waals surface area contributed by atoms with Crippen molar-refractivity contribution in [2.24, 2.45) is 0 Å². The molecule has 4 nitrogen and oxygen atoms in total. The highest BCUT2D eigenvalue weighted by Crippen LogP contribution is 2.20. The zero-order valence-electron chi connectivity index (χ0n) is 9.75. The molecule has 1 unspecified atom stereocenters. The van der Waals surface area contributed by atoms with E-state index in [1.165, 1.54) is 0 Å². The van der Waals surface area contributed by atoms with Gasteiger partial charge in [0.05, 0.1) is 5.38 Å². The molecule has 0 N–H and O–H groups in total. The lowest BCUT2D eigenvalue weighted by Crippen LogP contribution is -2.03. The van der Waals surface area contributed by atoms with Crippen LogP contribution in [0.2, 0.25) is 0 Å². The molecule has 2 heterocycles. The average molecular weight is 251 g/mol. The van der Waals surface area contributed by atoms with Crippen LogP contribution in [0.4, 0.5) is 0 Å². The van der Waals surface area contributed by atoms with Crippen LogP contribution in [0, 0.1) is 0 Å². The molecule has 0 aliphatic carbocycles. The lowest BCUT2D eigenvalue weighted by molar-refractivity contribution is 0.584. The van der Waals surface area contributed by atoms with Crippen molar-refractivity contribution >= 4 is 11.6 Å². The zero-order valence-corrected chi connectivity index (χ0v) is 10.5. The number of aromatic nitrogens is 4. The van der Waals surface area contributed by atoms with Crippen molar-refractivity contribution in [3.63, 3.8) is 0 Å². The van der Waals surface area contributed by atoms with Gasteiger partial charge in [0.1, 0.15) is 5.69 Å². The van der Waals surface area contributed by atoms with Crippen LogP contribution in [-0.4, -0.2) is 20.0 Å². The van der Waals surface area contributed by atoms with Crippen molar-refractivity contribution < 1.29 is 0 Å². The van der Waals surface area contributed by atoms with Gasteiger partial charge in [-0.15, -0.1) is 16.7 Å². The number of aryl methyl sites for hydroxylation is 2. The second-order valence-electron chi connectivity index (χ2n) is 3.85. The minimum absolute atomic E-state index is 0.0430. The van der Waals surface area contributed by atoms with Gasteiger partial charge in [-0.3, -0.25) is 9.67 Å². The van der Waals surface area contributed by atoms with Crippen LogP contribution in [0.15, 0.2) is 30.6 Å². The Bertz CT molecular complexity index is 455. The van der Waals surface area contributed by atoms with E-state index >= 15 is 0 Å². The smallest absolute Gasteiger partial charge is 0.100 e. The maximum absolute atomic E-state index is 6.09.